The van der Waals surface area contributed by atoms with Crippen LogP contribution in [0.25, 0.3) is 22.2 Å². The van der Waals surface area contributed by atoms with E-state index in [-0.39, 0.29) is 0 Å². The second-order valence-corrected chi connectivity index (χ2v) is 5.62. The number of anilines is 1. The largest absolute Gasteiger partial charge is 0.398 e. The van der Waals surface area contributed by atoms with Crippen LogP contribution in [0.15, 0.2) is 53.0 Å². The molecule has 0 bridgehead atoms. The van der Waals surface area contributed by atoms with Gasteiger partial charge in [-0.25, -0.2) is 4.98 Å². The van der Waals surface area contributed by atoms with E-state index >= 15 is 0 Å². The Kier molecular flexibility index (Phi) is 3.17. The third-order valence-electron chi connectivity index (χ3n) is 2.94. The minimum absolute atomic E-state index is 0.710. The number of rotatable bonds is 1. The average molecular weight is 334 g/mol. The predicted octanol–water partition coefficient (Wildman–Crippen LogP) is 4.90. The highest BCUT2D eigenvalue weighted by Gasteiger charge is 2.06. The van der Waals surface area contributed by atoms with Crippen LogP contribution in [0.2, 0.25) is 5.02 Å². The molecule has 0 radical (unpaired) electrons. The molecule has 0 atom stereocenters. The molecule has 0 unspecified atom stereocenters. The van der Waals surface area contributed by atoms with Gasteiger partial charge in [-0.15, -0.1) is 0 Å². The lowest BCUT2D eigenvalue weighted by molar-refractivity contribution is 1.40. The molecular formula is C15H10BrClN2. The number of nitrogens with two attached hydrogens (primary N) is 1. The molecule has 94 valence electrons. The van der Waals surface area contributed by atoms with E-state index in [0.717, 1.165) is 32.3 Å². The number of benzene rings is 2. The summed E-state index contributed by atoms with van der Waals surface area (Å²) in [6.07, 6.45) is 0. The molecule has 0 fully saturated rings. The summed E-state index contributed by atoms with van der Waals surface area (Å²) < 4.78 is 0.993. The fourth-order valence-electron chi connectivity index (χ4n) is 1.99. The van der Waals surface area contributed by atoms with Gasteiger partial charge in [0.25, 0.3) is 0 Å². The van der Waals surface area contributed by atoms with Crippen molar-refractivity contribution in [3.63, 3.8) is 0 Å². The van der Waals surface area contributed by atoms with E-state index in [4.69, 9.17) is 17.3 Å². The Balaban J connectivity index is 2.20. The van der Waals surface area contributed by atoms with Crippen LogP contribution in [-0.4, -0.2) is 4.98 Å². The molecule has 19 heavy (non-hydrogen) atoms. The Morgan fingerprint density at radius 1 is 1.00 bits per heavy atom. The first-order valence-corrected chi connectivity index (χ1v) is 6.92. The molecule has 0 saturated heterocycles. The number of pyridine rings is 1. The van der Waals surface area contributed by atoms with Crippen molar-refractivity contribution in [2.45, 2.75) is 0 Å². The quantitative estimate of drug-likeness (QED) is 0.688. The van der Waals surface area contributed by atoms with Crippen molar-refractivity contribution in [1.29, 1.82) is 0 Å². The molecule has 0 amide bonds. The maximum Gasteiger partial charge on any atom is 0.0731 e. The second-order valence-electron chi connectivity index (χ2n) is 4.27. The zero-order valence-corrected chi connectivity index (χ0v) is 12.2. The van der Waals surface area contributed by atoms with Gasteiger partial charge in [-0.2, -0.15) is 0 Å². The van der Waals surface area contributed by atoms with Gasteiger partial charge in [0.15, 0.2) is 0 Å². The summed E-state index contributed by atoms with van der Waals surface area (Å²) in [5, 5.41) is 1.66. The van der Waals surface area contributed by atoms with Crippen molar-refractivity contribution in [2.75, 3.05) is 5.73 Å². The van der Waals surface area contributed by atoms with Crippen LogP contribution in [0.5, 0.6) is 0 Å². The molecule has 0 aliphatic carbocycles. The van der Waals surface area contributed by atoms with Crippen LogP contribution in [0.4, 0.5) is 5.69 Å². The first-order chi connectivity index (χ1) is 9.13. The zero-order chi connectivity index (χ0) is 13.4. The van der Waals surface area contributed by atoms with E-state index < -0.39 is 0 Å². The Hall–Kier alpha value is -1.58. The molecule has 0 saturated carbocycles. The molecule has 2 nitrogen and oxygen atoms in total. The van der Waals surface area contributed by atoms with Crippen molar-refractivity contribution < 1.29 is 0 Å². The van der Waals surface area contributed by atoms with Crippen molar-refractivity contribution in [2.24, 2.45) is 0 Å². The van der Waals surface area contributed by atoms with Gasteiger partial charge in [-0.05, 0) is 36.4 Å². The van der Waals surface area contributed by atoms with Crippen LogP contribution in [0.1, 0.15) is 0 Å². The molecule has 1 heterocycles. The summed E-state index contributed by atoms with van der Waals surface area (Å²) in [5.41, 5.74) is 9.56. The fraction of sp³-hybridized carbons (Fsp3) is 0. The van der Waals surface area contributed by atoms with Crippen molar-refractivity contribution in [1.82, 2.24) is 4.98 Å². The number of hydrogen-bond donors (Lipinski definition) is 1. The number of fused-ring (bicyclic) bond motifs is 1. The van der Waals surface area contributed by atoms with E-state index in [0.29, 0.717) is 5.02 Å². The molecule has 3 rings (SSSR count). The number of nitrogens with zero attached hydrogens (tertiary/aromatic N) is 1. The van der Waals surface area contributed by atoms with E-state index in [2.05, 4.69) is 20.9 Å². The SMILES string of the molecule is Nc1cc(-c2ccc(Cl)cc2)nc2ccc(Br)cc12. The van der Waals surface area contributed by atoms with Crippen molar-refractivity contribution in [3.05, 3.63) is 58.0 Å². The minimum Gasteiger partial charge on any atom is -0.398 e. The maximum atomic E-state index is 6.11. The lowest BCUT2D eigenvalue weighted by atomic mass is 10.1. The normalized spacial score (nSPS) is 10.8. The van der Waals surface area contributed by atoms with Crippen LogP contribution < -0.4 is 5.73 Å². The first-order valence-electron chi connectivity index (χ1n) is 5.75. The van der Waals surface area contributed by atoms with E-state index in [9.17, 15) is 0 Å². The van der Waals surface area contributed by atoms with Gasteiger partial charge in [0.05, 0.1) is 11.2 Å². The smallest absolute Gasteiger partial charge is 0.0731 e. The first kappa shape index (κ1) is 12.5. The molecular weight excluding hydrogens is 324 g/mol. The highest BCUT2D eigenvalue weighted by atomic mass is 79.9. The predicted molar refractivity (Wildman–Crippen MR) is 84.3 cm³/mol. The number of hydrogen-bond acceptors (Lipinski definition) is 2. The lowest BCUT2D eigenvalue weighted by Gasteiger charge is -2.07. The second kappa shape index (κ2) is 4.83. The lowest BCUT2D eigenvalue weighted by Crippen LogP contribution is -1.92. The van der Waals surface area contributed by atoms with Gasteiger partial charge in [0.2, 0.25) is 0 Å². The minimum atomic E-state index is 0.710. The summed E-state index contributed by atoms with van der Waals surface area (Å²) in [6, 6.07) is 15.3. The Morgan fingerprint density at radius 2 is 1.74 bits per heavy atom. The number of halogens is 2. The topological polar surface area (TPSA) is 38.9 Å². The Labute approximate surface area is 124 Å². The molecule has 2 N–H and O–H groups in total. The Morgan fingerprint density at radius 3 is 2.47 bits per heavy atom. The third-order valence-corrected chi connectivity index (χ3v) is 3.69. The molecule has 1 aromatic heterocycles. The highest BCUT2D eigenvalue weighted by Crippen LogP contribution is 2.28. The summed E-state index contributed by atoms with van der Waals surface area (Å²) >= 11 is 9.33. The van der Waals surface area contributed by atoms with Gasteiger partial charge in [-0.1, -0.05) is 39.7 Å². The summed E-state index contributed by atoms with van der Waals surface area (Å²) in [4.78, 5) is 4.63. The molecule has 0 aliphatic rings. The van der Waals surface area contributed by atoms with Crippen LogP contribution >= 0.6 is 27.5 Å². The molecule has 4 heteroatoms. The van der Waals surface area contributed by atoms with Crippen LogP contribution in [-0.2, 0) is 0 Å². The van der Waals surface area contributed by atoms with Crippen molar-refractivity contribution in [3.8, 4) is 11.3 Å². The zero-order valence-electron chi connectivity index (χ0n) is 9.90. The van der Waals surface area contributed by atoms with E-state index in [1.807, 2.05) is 48.5 Å². The van der Waals surface area contributed by atoms with Gasteiger partial charge in [0.1, 0.15) is 0 Å². The average Bonchev–Trinajstić information content (AvgIpc) is 2.40. The van der Waals surface area contributed by atoms with Crippen molar-refractivity contribution >= 4 is 44.1 Å². The van der Waals surface area contributed by atoms with Gasteiger partial charge >= 0.3 is 0 Å². The van der Waals surface area contributed by atoms with Gasteiger partial charge < -0.3 is 5.73 Å². The summed E-state index contributed by atoms with van der Waals surface area (Å²) in [7, 11) is 0. The Bertz CT molecular complexity index is 754. The third kappa shape index (κ3) is 2.44. The highest BCUT2D eigenvalue weighted by molar-refractivity contribution is 9.10. The van der Waals surface area contributed by atoms with Crippen LogP contribution in [0.3, 0.4) is 0 Å². The fourth-order valence-corrected chi connectivity index (χ4v) is 2.48. The molecule has 0 spiro atoms. The summed E-state index contributed by atoms with van der Waals surface area (Å²) in [5.74, 6) is 0. The summed E-state index contributed by atoms with van der Waals surface area (Å²) in [6.45, 7) is 0. The van der Waals surface area contributed by atoms with Gasteiger partial charge in [-0.3, -0.25) is 0 Å². The standard InChI is InChI=1S/C15H10BrClN2/c16-10-3-6-14-12(7-10)13(18)8-15(19-14)9-1-4-11(17)5-2-9/h1-8H,(H2,18,19). The van der Waals surface area contributed by atoms with E-state index in [1.54, 1.807) is 0 Å². The monoisotopic (exact) mass is 332 g/mol. The molecule has 3 aromatic rings. The number of aromatic nitrogens is 1. The van der Waals surface area contributed by atoms with Crippen LogP contribution in [0, 0.1) is 0 Å². The molecule has 2 aromatic carbocycles. The maximum absolute atomic E-state index is 6.11. The number of nitrogen functional groups attached to an aromatic ring is 1. The van der Waals surface area contributed by atoms with Gasteiger partial charge in [0, 0.05) is 26.1 Å². The molecule has 0 aliphatic heterocycles. The van der Waals surface area contributed by atoms with E-state index in [1.165, 1.54) is 0 Å².